The number of likely N-dealkylation sites (tertiary alicyclic amines) is 1. The number of carbonyl (C=O) groups is 2. The Morgan fingerprint density at radius 2 is 1.86 bits per heavy atom. The van der Waals surface area contributed by atoms with Crippen LogP contribution >= 0.6 is 0 Å². The van der Waals surface area contributed by atoms with Gasteiger partial charge >= 0.3 is 12.1 Å². The first-order chi connectivity index (χ1) is 17.5. The number of benzene rings is 2. The van der Waals surface area contributed by atoms with Gasteiger partial charge in [-0.15, -0.1) is 0 Å². The topological polar surface area (TPSA) is 90.9 Å². The third-order valence-electron chi connectivity index (χ3n) is 6.60. The number of halogens is 5. The number of amides is 1. The number of nitrogens with one attached hydrogen (secondary N) is 2. The van der Waals surface area contributed by atoms with Crippen LogP contribution in [0.15, 0.2) is 36.4 Å². The van der Waals surface area contributed by atoms with Gasteiger partial charge in [0.15, 0.2) is 0 Å². The normalized spacial score (nSPS) is 22.6. The largest absolute Gasteiger partial charge is 0.478 e. The lowest BCUT2D eigenvalue weighted by atomic mass is 10.0. The highest BCUT2D eigenvalue weighted by molar-refractivity contribution is 5.89. The molecule has 2 aromatic carbocycles. The number of alkyl halides is 3. The Morgan fingerprint density at radius 1 is 1.08 bits per heavy atom. The molecule has 0 radical (unpaired) electrons. The third-order valence-corrected chi connectivity index (χ3v) is 6.60. The molecular weight excluding hydrogens is 501 g/mol. The summed E-state index contributed by atoms with van der Waals surface area (Å²) in [5.41, 5.74) is -0.999. The first-order valence-corrected chi connectivity index (χ1v) is 11.8. The third kappa shape index (κ3) is 6.75. The molecular formula is C25H26F5N3O4. The molecule has 2 aliphatic heterocycles. The van der Waals surface area contributed by atoms with E-state index in [9.17, 15) is 31.5 Å². The van der Waals surface area contributed by atoms with Gasteiger partial charge in [-0.1, -0.05) is 0 Å². The minimum Gasteiger partial charge on any atom is -0.478 e. The van der Waals surface area contributed by atoms with Gasteiger partial charge in [0.25, 0.3) is 0 Å². The van der Waals surface area contributed by atoms with E-state index >= 15 is 0 Å². The summed E-state index contributed by atoms with van der Waals surface area (Å²) >= 11 is 0. The van der Waals surface area contributed by atoms with Crippen molar-refractivity contribution in [3.8, 4) is 0 Å². The lowest BCUT2D eigenvalue weighted by Gasteiger charge is -2.34. The van der Waals surface area contributed by atoms with Crippen LogP contribution in [0.4, 0.5) is 27.6 Å². The molecule has 0 bridgehead atoms. The van der Waals surface area contributed by atoms with Crippen molar-refractivity contribution in [3.05, 3.63) is 64.7 Å². The van der Waals surface area contributed by atoms with E-state index in [4.69, 9.17) is 9.84 Å². The summed E-state index contributed by atoms with van der Waals surface area (Å²) in [5, 5.41) is 14.8. The summed E-state index contributed by atoms with van der Waals surface area (Å²) in [6.45, 7) is 1.46. The summed E-state index contributed by atoms with van der Waals surface area (Å²) < 4.78 is 71.5. The maximum Gasteiger partial charge on any atom is 0.416 e. The standard InChI is InChI=1S/C25H26F5N3O4/c26-16-8-14(7-15(9-16)25(28,29)30)11-31-23(34)22-4-2-19(13-37-22)33-6-5-18(12-33)32-17-1-3-21(27)20(10-17)24(35)36/h1,3,7-10,18-19,22,32H,2,4-6,11-13H2,(H,31,34)(H,35,36)/t18-,19?,22?/m1/s1. The Balaban J connectivity index is 1.24. The molecule has 2 aliphatic rings. The Hall–Kier alpha value is -3.25. The molecule has 7 nitrogen and oxygen atoms in total. The van der Waals surface area contributed by atoms with Crippen molar-refractivity contribution < 1.29 is 41.4 Å². The zero-order valence-corrected chi connectivity index (χ0v) is 19.7. The number of carbonyl (C=O) groups excluding carboxylic acids is 1. The van der Waals surface area contributed by atoms with Crippen molar-refractivity contribution in [3.63, 3.8) is 0 Å². The van der Waals surface area contributed by atoms with Crippen LogP contribution in [0.2, 0.25) is 0 Å². The van der Waals surface area contributed by atoms with Crippen molar-refractivity contribution in [2.24, 2.45) is 0 Å². The molecule has 12 heteroatoms. The van der Waals surface area contributed by atoms with Crippen LogP contribution < -0.4 is 10.6 Å². The molecule has 2 fully saturated rings. The molecule has 1 amide bonds. The van der Waals surface area contributed by atoms with Crippen molar-refractivity contribution in [2.45, 2.75) is 50.2 Å². The van der Waals surface area contributed by atoms with Crippen LogP contribution in [-0.4, -0.2) is 59.8 Å². The molecule has 0 spiro atoms. The molecule has 2 unspecified atom stereocenters. The monoisotopic (exact) mass is 527 g/mol. The second-order valence-corrected chi connectivity index (χ2v) is 9.24. The number of hydrogen-bond donors (Lipinski definition) is 3. The van der Waals surface area contributed by atoms with Gasteiger partial charge in [0.2, 0.25) is 5.91 Å². The molecule has 2 aromatic rings. The minimum absolute atomic E-state index is 0.00148. The average Bonchev–Trinajstić information content (AvgIpc) is 3.31. The van der Waals surface area contributed by atoms with Crippen LogP contribution in [-0.2, 0) is 22.3 Å². The number of anilines is 1. The van der Waals surface area contributed by atoms with Gasteiger partial charge in [0.05, 0.1) is 17.7 Å². The quantitative estimate of drug-likeness (QED) is 0.471. The highest BCUT2D eigenvalue weighted by atomic mass is 19.4. The molecule has 2 saturated heterocycles. The summed E-state index contributed by atoms with van der Waals surface area (Å²) in [6, 6.07) is 6.11. The molecule has 37 heavy (non-hydrogen) atoms. The fourth-order valence-electron chi connectivity index (χ4n) is 4.70. The van der Waals surface area contributed by atoms with Crippen molar-refractivity contribution in [1.29, 1.82) is 0 Å². The summed E-state index contributed by atoms with van der Waals surface area (Å²) in [7, 11) is 0. The molecule has 0 saturated carbocycles. The van der Waals surface area contributed by atoms with Gasteiger partial charge in [0.1, 0.15) is 17.7 Å². The Labute approximate surface area is 209 Å². The van der Waals surface area contributed by atoms with Crippen LogP contribution in [0.1, 0.15) is 40.7 Å². The van der Waals surface area contributed by atoms with Gasteiger partial charge in [-0.05, 0) is 61.2 Å². The van der Waals surface area contributed by atoms with Gasteiger partial charge in [-0.2, -0.15) is 13.2 Å². The van der Waals surface area contributed by atoms with Gasteiger partial charge in [-0.25, -0.2) is 13.6 Å². The van der Waals surface area contributed by atoms with Gasteiger partial charge in [-0.3, -0.25) is 9.69 Å². The van der Waals surface area contributed by atoms with Crippen LogP contribution in [0.5, 0.6) is 0 Å². The summed E-state index contributed by atoms with van der Waals surface area (Å²) in [5.74, 6) is -3.64. The van der Waals surface area contributed by atoms with Crippen molar-refractivity contribution in [2.75, 3.05) is 25.0 Å². The maximum atomic E-state index is 13.6. The Morgan fingerprint density at radius 3 is 2.54 bits per heavy atom. The van der Waals surface area contributed by atoms with E-state index in [1.54, 1.807) is 0 Å². The number of nitrogens with zero attached hydrogens (tertiary/aromatic N) is 1. The zero-order valence-electron chi connectivity index (χ0n) is 19.7. The fourth-order valence-corrected chi connectivity index (χ4v) is 4.70. The SMILES string of the molecule is O=C(O)c1cc(N[C@@H]2CCN(C3CCC(C(=O)NCc4cc(F)cc(C(F)(F)F)c4)OC3)C2)ccc1F. The molecule has 3 atom stereocenters. The van der Waals surface area contributed by atoms with Crippen molar-refractivity contribution >= 4 is 17.6 Å². The number of hydrogen-bond acceptors (Lipinski definition) is 5. The highest BCUT2D eigenvalue weighted by Crippen LogP contribution is 2.30. The van der Waals surface area contributed by atoms with Crippen LogP contribution in [0.3, 0.4) is 0 Å². The molecule has 0 aromatic heterocycles. The number of rotatable bonds is 7. The number of aromatic carboxylic acids is 1. The Bertz CT molecular complexity index is 1150. The maximum absolute atomic E-state index is 13.6. The van der Waals surface area contributed by atoms with Crippen molar-refractivity contribution in [1.82, 2.24) is 10.2 Å². The Kier molecular flexibility index (Phi) is 7.98. The molecule has 0 aliphatic carbocycles. The van der Waals surface area contributed by atoms with E-state index in [2.05, 4.69) is 15.5 Å². The van der Waals surface area contributed by atoms with E-state index in [-0.39, 0.29) is 24.2 Å². The summed E-state index contributed by atoms with van der Waals surface area (Å²) in [6.07, 6.45) is -3.57. The first-order valence-electron chi connectivity index (χ1n) is 11.8. The summed E-state index contributed by atoms with van der Waals surface area (Å²) in [4.78, 5) is 25.8. The van der Waals surface area contributed by atoms with Crippen LogP contribution in [0, 0.1) is 11.6 Å². The van der Waals surface area contributed by atoms with E-state index in [1.165, 1.54) is 12.1 Å². The smallest absolute Gasteiger partial charge is 0.416 e. The number of ether oxygens (including phenoxy) is 1. The molecule has 200 valence electrons. The minimum atomic E-state index is -4.69. The molecule has 4 rings (SSSR count). The van der Waals surface area contributed by atoms with E-state index in [0.717, 1.165) is 31.2 Å². The highest BCUT2D eigenvalue weighted by Gasteiger charge is 2.34. The number of carboxylic acids is 1. The second kappa shape index (κ2) is 11.0. The second-order valence-electron chi connectivity index (χ2n) is 9.24. The average molecular weight is 527 g/mol. The van der Waals surface area contributed by atoms with E-state index in [0.29, 0.717) is 37.7 Å². The lowest BCUT2D eigenvalue weighted by molar-refractivity contribution is -0.138. The zero-order chi connectivity index (χ0) is 26.7. The van der Waals surface area contributed by atoms with Crippen LogP contribution in [0.25, 0.3) is 0 Å². The van der Waals surface area contributed by atoms with Gasteiger partial charge in [0, 0.05) is 37.4 Å². The molecule has 3 N–H and O–H groups in total. The predicted octanol–water partition coefficient (Wildman–Crippen LogP) is 4.03. The predicted molar refractivity (Wildman–Crippen MR) is 123 cm³/mol. The number of carboxylic acid groups (broad SMARTS) is 1. The van der Waals surface area contributed by atoms with E-state index in [1.807, 2.05) is 0 Å². The fraction of sp³-hybridized carbons (Fsp3) is 0.440. The lowest BCUT2D eigenvalue weighted by Crippen LogP contribution is -2.47. The van der Waals surface area contributed by atoms with Gasteiger partial charge < -0.3 is 20.5 Å². The molecule has 2 heterocycles. The first kappa shape index (κ1) is 26.8. The van der Waals surface area contributed by atoms with E-state index < -0.39 is 46.9 Å².